The number of hydrogen-bond acceptors (Lipinski definition) is 5. The molecule has 2 atom stereocenters. The van der Waals surface area contributed by atoms with Gasteiger partial charge in [-0.05, 0) is 67.0 Å². The number of pyridine rings is 1. The van der Waals surface area contributed by atoms with Gasteiger partial charge in [0.15, 0.2) is 0 Å². The van der Waals surface area contributed by atoms with Gasteiger partial charge in [0, 0.05) is 17.5 Å². The van der Waals surface area contributed by atoms with Gasteiger partial charge in [0.1, 0.15) is 17.3 Å². The van der Waals surface area contributed by atoms with Crippen LogP contribution >= 0.6 is 0 Å². The largest absolute Gasteiger partial charge is 0.481 e. The number of halogens is 1. The lowest BCUT2D eigenvalue weighted by Gasteiger charge is -2.22. The number of benzene rings is 2. The highest BCUT2D eigenvalue weighted by Gasteiger charge is 2.37. The van der Waals surface area contributed by atoms with Crippen LogP contribution in [-0.2, 0) is 4.79 Å². The molecule has 1 aliphatic rings. The molecule has 33 heavy (non-hydrogen) atoms. The molecule has 3 aromatic rings. The van der Waals surface area contributed by atoms with Gasteiger partial charge >= 0.3 is 5.97 Å². The Kier molecular flexibility index (Phi) is 6.54. The molecule has 170 valence electrons. The second-order valence-corrected chi connectivity index (χ2v) is 8.51. The van der Waals surface area contributed by atoms with Crippen LogP contribution in [-0.4, -0.2) is 23.8 Å². The first-order valence-corrected chi connectivity index (χ1v) is 11.0. The summed E-state index contributed by atoms with van der Waals surface area (Å²) in [6, 6.07) is 15.5. The lowest BCUT2D eigenvalue weighted by molar-refractivity contribution is -0.121. The van der Waals surface area contributed by atoms with Gasteiger partial charge in [-0.2, -0.15) is 0 Å². The van der Waals surface area contributed by atoms with Crippen LogP contribution in [0.1, 0.15) is 48.5 Å². The van der Waals surface area contributed by atoms with Crippen LogP contribution in [0, 0.1) is 17.7 Å². The summed E-state index contributed by atoms with van der Waals surface area (Å²) in [5.41, 5.74) is 2.38. The van der Waals surface area contributed by atoms with Crippen LogP contribution < -0.4 is 9.47 Å². The molecule has 6 heteroatoms. The van der Waals surface area contributed by atoms with Crippen LogP contribution in [0.4, 0.5) is 4.39 Å². The Balaban J connectivity index is 1.51. The van der Waals surface area contributed by atoms with Crippen molar-refractivity contribution in [3.63, 3.8) is 0 Å². The number of esters is 1. The van der Waals surface area contributed by atoms with Crippen LogP contribution in [0.5, 0.6) is 11.6 Å². The molecule has 1 aliphatic carbocycles. The van der Waals surface area contributed by atoms with Gasteiger partial charge in [0.2, 0.25) is 5.88 Å². The van der Waals surface area contributed by atoms with Crippen LogP contribution in [0.2, 0.25) is 0 Å². The van der Waals surface area contributed by atoms with Gasteiger partial charge in [0.05, 0.1) is 18.9 Å². The van der Waals surface area contributed by atoms with Crippen molar-refractivity contribution in [2.24, 2.45) is 11.8 Å². The fraction of sp³-hybridized carbons (Fsp3) is 0.296. The molecule has 0 spiro atoms. The highest BCUT2D eigenvalue weighted by Crippen LogP contribution is 2.47. The highest BCUT2D eigenvalue weighted by atomic mass is 19.1. The number of nitrogens with zero attached hydrogens (tertiary/aromatic N) is 1. The second-order valence-electron chi connectivity index (χ2n) is 8.51. The van der Waals surface area contributed by atoms with E-state index in [0.717, 1.165) is 24.6 Å². The first-order valence-electron chi connectivity index (χ1n) is 11.0. The van der Waals surface area contributed by atoms with Crippen molar-refractivity contribution < 1.29 is 23.5 Å². The van der Waals surface area contributed by atoms with Crippen molar-refractivity contribution in [3.05, 3.63) is 77.7 Å². The fourth-order valence-corrected chi connectivity index (χ4v) is 4.17. The molecular formula is C27H26FNO4. The standard InChI is InChI=1S/C27H26FNO4/c1-16(17(2)30)26(19-7-8-19)20-5-4-6-21(13-20)27(31)33-22-11-9-18(10-12-22)23-14-25(32-3)29-15-24(23)28/h4-6,9-16,19,26H,7-8H2,1-3H3/t16-,26+/m1/s1. The normalized spacial score (nSPS) is 14.9. The molecule has 1 heterocycles. The Morgan fingerprint density at radius 2 is 1.82 bits per heavy atom. The van der Waals surface area contributed by atoms with Crippen molar-refractivity contribution in [1.29, 1.82) is 0 Å². The maximum Gasteiger partial charge on any atom is 0.343 e. The summed E-state index contributed by atoms with van der Waals surface area (Å²) in [5, 5.41) is 0. The van der Waals surface area contributed by atoms with Crippen molar-refractivity contribution in [2.45, 2.75) is 32.6 Å². The first kappa shape index (κ1) is 22.6. The van der Waals surface area contributed by atoms with E-state index < -0.39 is 11.8 Å². The minimum Gasteiger partial charge on any atom is -0.481 e. The van der Waals surface area contributed by atoms with Gasteiger partial charge in [-0.3, -0.25) is 4.79 Å². The molecule has 0 N–H and O–H groups in total. The summed E-state index contributed by atoms with van der Waals surface area (Å²) in [5.74, 6) is 0.369. The molecule has 4 rings (SSSR count). The maximum atomic E-state index is 14.2. The van der Waals surface area contributed by atoms with Crippen LogP contribution in [0.3, 0.4) is 0 Å². The molecule has 0 unspecified atom stereocenters. The highest BCUT2D eigenvalue weighted by molar-refractivity contribution is 5.91. The van der Waals surface area contributed by atoms with Crippen molar-refractivity contribution in [1.82, 2.24) is 4.98 Å². The Morgan fingerprint density at radius 1 is 1.09 bits per heavy atom. The van der Waals surface area contributed by atoms with Gasteiger partial charge in [0.25, 0.3) is 0 Å². The minimum absolute atomic E-state index is 0.0940. The summed E-state index contributed by atoms with van der Waals surface area (Å²) in [6.45, 7) is 3.58. The topological polar surface area (TPSA) is 65.5 Å². The number of ketones is 1. The summed E-state index contributed by atoms with van der Waals surface area (Å²) < 4.78 is 24.8. The molecule has 0 aliphatic heterocycles. The third kappa shape index (κ3) is 5.11. The van der Waals surface area contributed by atoms with Gasteiger partial charge in [-0.15, -0.1) is 0 Å². The van der Waals surface area contributed by atoms with E-state index in [-0.39, 0.29) is 17.6 Å². The van der Waals surface area contributed by atoms with E-state index >= 15 is 0 Å². The lowest BCUT2D eigenvalue weighted by Crippen LogP contribution is -2.19. The molecule has 0 radical (unpaired) electrons. The second kappa shape index (κ2) is 9.53. The Labute approximate surface area is 192 Å². The van der Waals surface area contributed by atoms with Gasteiger partial charge < -0.3 is 9.47 Å². The molecule has 0 bridgehead atoms. The maximum absolute atomic E-state index is 14.2. The Bertz CT molecular complexity index is 1170. The number of methoxy groups -OCH3 is 1. The number of rotatable bonds is 8. The van der Waals surface area contributed by atoms with E-state index in [0.29, 0.717) is 34.2 Å². The summed E-state index contributed by atoms with van der Waals surface area (Å²) in [6.07, 6.45) is 3.32. The molecule has 1 saturated carbocycles. The number of Topliss-reactive ketones (excluding diaryl/α,β-unsaturated/α-hetero) is 1. The van der Waals surface area contributed by atoms with E-state index in [9.17, 15) is 14.0 Å². The van der Waals surface area contributed by atoms with Crippen molar-refractivity contribution in [3.8, 4) is 22.8 Å². The average molecular weight is 448 g/mol. The molecule has 1 fully saturated rings. The van der Waals surface area contributed by atoms with Gasteiger partial charge in [-0.25, -0.2) is 14.2 Å². The summed E-state index contributed by atoms with van der Waals surface area (Å²) >= 11 is 0. The predicted octanol–water partition coefficient (Wildman–Crippen LogP) is 5.83. The van der Waals surface area contributed by atoms with E-state index in [1.165, 1.54) is 13.2 Å². The fourth-order valence-electron chi connectivity index (χ4n) is 4.17. The van der Waals surface area contributed by atoms with Gasteiger partial charge in [-0.1, -0.05) is 31.2 Å². The zero-order valence-corrected chi connectivity index (χ0v) is 18.9. The number of carbonyl (C=O) groups is 2. The predicted molar refractivity (Wildman–Crippen MR) is 123 cm³/mol. The Morgan fingerprint density at radius 3 is 2.45 bits per heavy atom. The molecule has 2 aromatic carbocycles. The van der Waals surface area contributed by atoms with E-state index in [1.54, 1.807) is 37.3 Å². The lowest BCUT2D eigenvalue weighted by atomic mass is 9.81. The zero-order valence-electron chi connectivity index (χ0n) is 18.9. The zero-order chi connectivity index (χ0) is 23.5. The minimum atomic E-state index is -0.480. The third-order valence-corrected chi connectivity index (χ3v) is 6.23. The monoisotopic (exact) mass is 447 g/mol. The summed E-state index contributed by atoms with van der Waals surface area (Å²) in [4.78, 5) is 28.7. The molecule has 5 nitrogen and oxygen atoms in total. The van der Waals surface area contributed by atoms with E-state index in [2.05, 4.69) is 4.98 Å². The molecular weight excluding hydrogens is 421 g/mol. The van der Waals surface area contributed by atoms with E-state index in [4.69, 9.17) is 9.47 Å². The van der Waals surface area contributed by atoms with Crippen molar-refractivity contribution in [2.75, 3.05) is 7.11 Å². The quantitative estimate of drug-likeness (QED) is 0.321. The smallest absolute Gasteiger partial charge is 0.343 e. The molecule has 0 saturated heterocycles. The SMILES string of the molecule is COc1cc(-c2ccc(OC(=O)c3cccc([C@H](C4CC4)[C@H](C)C(C)=O)c3)cc2)c(F)cn1. The van der Waals surface area contributed by atoms with Crippen molar-refractivity contribution >= 4 is 11.8 Å². The average Bonchev–Trinajstić information content (AvgIpc) is 3.65. The third-order valence-electron chi connectivity index (χ3n) is 6.23. The van der Waals surface area contributed by atoms with Crippen LogP contribution in [0.15, 0.2) is 60.8 Å². The van der Waals surface area contributed by atoms with Crippen LogP contribution in [0.25, 0.3) is 11.1 Å². The summed E-state index contributed by atoms with van der Waals surface area (Å²) in [7, 11) is 1.47. The number of carbonyl (C=O) groups excluding carboxylic acids is 2. The Hall–Kier alpha value is -3.54. The molecule has 0 amide bonds. The molecule has 1 aromatic heterocycles. The number of hydrogen-bond donors (Lipinski definition) is 0. The number of ether oxygens (including phenoxy) is 2. The first-order chi connectivity index (χ1) is 15.9. The van der Waals surface area contributed by atoms with E-state index in [1.807, 2.05) is 25.1 Å². The number of aromatic nitrogens is 1.